The molecule has 0 fully saturated rings. The molecule has 7 nitrogen and oxygen atoms in total. The van der Waals surface area contributed by atoms with Crippen LogP contribution in [0.1, 0.15) is 27.6 Å². The zero-order chi connectivity index (χ0) is 22.4. The fourth-order valence-corrected chi connectivity index (χ4v) is 2.82. The highest BCUT2D eigenvalue weighted by Crippen LogP contribution is 2.28. The Kier molecular flexibility index (Phi) is 6.61. The van der Waals surface area contributed by atoms with Crippen LogP contribution in [0.5, 0.6) is 5.75 Å². The summed E-state index contributed by atoms with van der Waals surface area (Å²) in [5.74, 6) is -1.12. The number of ether oxygens (including phenoxy) is 1. The molecule has 0 atom stereocenters. The van der Waals surface area contributed by atoms with E-state index in [4.69, 9.17) is 4.74 Å². The molecule has 0 aliphatic rings. The van der Waals surface area contributed by atoms with E-state index in [-0.39, 0.29) is 11.5 Å². The van der Waals surface area contributed by atoms with Crippen molar-refractivity contribution in [2.75, 3.05) is 23.1 Å². The second-order valence-electron chi connectivity index (χ2n) is 6.59. The van der Waals surface area contributed by atoms with Gasteiger partial charge in [-0.1, -0.05) is 6.07 Å². The lowest BCUT2D eigenvalue weighted by atomic mass is 10.1. The second-order valence-corrected chi connectivity index (χ2v) is 6.59. The Morgan fingerprint density at radius 2 is 1.45 bits per heavy atom. The van der Waals surface area contributed by atoms with Gasteiger partial charge in [0.05, 0.1) is 12.8 Å². The largest absolute Gasteiger partial charge is 0.495 e. The van der Waals surface area contributed by atoms with Crippen molar-refractivity contribution in [3.63, 3.8) is 0 Å². The van der Waals surface area contributed by atoms with Crippen molar-refractivity contribution in [1.82, 2.24) is 0 Å². The van der Waals surface area contributed by atoms with Crippen molar-refractivity contribution in [3.05, 3.63) is 83.7 Å². The van der Waals surface area contributed by atoms with Crippen LogP contribution in [0.25, 0.3) is 0 Å². The summed E-state index contributed by atoms with van der Waals surface area (Å²) in [5, 5.41) is 8.06. The number of hydrogen-bond acceptors (Lipinski definition) is 4. The lowest BCUT2D eigenvalue weighted by Crippen LogP contribution is -2.15. The topological polar surface area (TPSA) is 96.5 Å². The highest BCUT2D eigenvalue weighted by Gasteiger charge is 2.13. The first-order valence-corrected chi connectivity index (χ1v) is 9.29. The SMILES string of the molecule is COc1ccc(NC(C)=O)cc1NC(=O)c1cccc(NC(=O)c2ccc(F)cc2)c1. The van der Waals surface area contributed by atoms with E-state index < -0.39 is 17.6 Å². The average Bonchev–Trinajstić information content (AvgIpc) is 2.74. The molecule has 158 valence electrons. The summed E-state index contributed by atoms with van der Waals surface area (Å²) in [5.41, 5.74) is 1.86. The highest BCUT2D eigenvalue weighted by atomic mass is 19.1. The molecule has 8 heteroatoms. The molecule has 0 unspecified atom stereocenters. The molecule has 3 amide bonds. The lowest BCUT2D eigenvalue weighted by Gasteiger charge is -2.13. The minimum absolute atomic E-state index is 0.243. The number of hydrogen-bond donors (Lipinski definition) is 3. The van der Waals surface area contributed by atoms with Crippen LogP contribution in [0.4, 0.5) is 21.5 Å². The standard InChI is InChI=1S/C23H20FN3O4/c1-14(28)25-19-10-11-21(31-2)20(13-19)27-23(30)16-4-3-5-18(12-16)26-22(29)15-6-8-17(24)9-7-15/h3-13H,1-2H3,(H,25,28)(H,26,29)(H,27,30). The van der Waals surface area contributed by atoms with Crippen molar-refractivity contribution in [1.29, 1.82) is 0 Å². The van der Waals surface area contributed by atoms with E-state index >= 15 is 0 Å². The minimum Gasteiger partial charge on any atom is -0.495 e. The van der Waals surface area contributed by atoms with Crippen LogP contribution in [0.2, 0.25) is 0 Å². The normalized spacial score (nSPS) is 10.2. The van der Waals surface area contributed by atoms with Crippen LogP contribution in [0.15, 0.2) is 66.7 Å². The number of rotatable bonds is 6. The molecule has 3 N–H and O–H groups in total. The first-order chi connectivity index (χ1) is 14.9. The van der Waals surface area contributed by atoms with Gasteiger partial charge in [0.15, 0.2) is 0 Å². The molecule has 0 aliphatic carbocycles. The Morgan fingerprint density at radius 1 is 0.774 bits per heavy atom. The summed E-state index contributed by atoms with van der Waals surface area (Å²) < 4.78 is 18.3. The van der Waals surface area contributed by atoms with Crippen LogP contribution in [-0.4, -0.2) is 24.8 Å². The Bertz CT molecular complexity index is 1130. The van der Waals surface area contributed by atoms with Crippen LogP contribution in [0.3, 0.4) is 0 Å². The Morgan fingerprint density at radius 3 is 2.13 bits per heavy atom. The molecule has 0 aromatic heterocycles. The number of nitrogens with one attached hydrogen (secondary N) is 3. The molecule has 0 radical (unpaired) electrons. The van der Waals surface area contributed by atoms with Gasteiger partial charge in [-0.3, -0.25) is 14.4 Å². The van der Waals surface area contributed by atoms with Gasteiger partial charge in [-0.15, -0.1) is 0 Å². The maximum atomic E-state index is 13.0. The fourth-order valence-electron chi connectivity index (χ4n) is 2.82. The van der Waals surface area contributed by atoms with Crippen molar-refractivity contribution in [2.45, 2.75) is 6.92 Å². The molecule has 3 rings (SSSR count). The molecular formula is C23H20FN3O4. The number of benzene rings is 3. The predicted molar refractivity (Wildman–Crippen MR) is 116 cm³/mol. The Balaban J connectivity index is 1.76. The minimum atomic E-state index is -0.437. The summed E-state index contributed by atoms with van der Waals surface area (Å²) in [7, 11) is 1.47. The first-order valence-electron chi connectivity index (χ1n) is 9.29. The number of amides is 3. The molecule has 0 aliphatic heterocycles. The highest BCUT2D eigenvalue weighted by molar-refractivity contribution is 6.08. The average molecular weight is 421 g/mol. The molecule has 0 heterocycles. The van der Waals surface area contributed by atoms with Gasteiger partial charge in [0, 0.05) is 29.4 Å². The summed E-state index contributed by atoms with van der Waals surface area (Å²) >= 11 is 0. The smallest absolute Gasteiger partial charge is 0.255 e. The number of halogens is 1. The van der Waals surface area contributed by atoms with Gasteiger partial charge in [0.25, 0.3) is 11.8 Å². The van der Waals surface area contributed by atoms with Gasteiger partial charge in [-0.2, -0.15) is 0 Å². The van der Waals surface area contributed by atoms with Gasteiger partial charge in [0.1, 0.15) is 11.6 Å². The fraction of sp³-hybridized carbons (Fsp3) is 0.0870. The zero-order valence-corrected chi connectivity index (χ0v) is 16.9. The summed E-state index contributed by atoms with van der Waals surface area (Å²) in [6.07, 6.45) is 0. The third kappa shape index (κ3) is 5.66. The van der Waals surface area contributed by atoms with Gasteiger partial charge in [-0.25, -0.2) is 4.39 Å². The van der Waals surface area contributed by atoms with E-state index in [1.165, 1.54) is 44.4 Å². The van der Waals surface area contributed by atoms with Crippen LogP contribution >= 0.6 is 0 Å². The van der Waals surface area contributed by atoms with Crippen LogP contribution in [0, 0.1) is 5.82 Å². The predicted octanol–water partition coefficient (Wildman–Crippen LogP) is 4.30. The molecular weight excluding hydrogens is 401 g/mol. The Hall–Kier alpha value is -4.20. The quantitative estimate of drug-likeness (QED) is 0.553. The summed E-state index contributed by atoms with van der Waals surface area (Å²) in [6, 6.07) is 16.4. The van der Waals surface area contributed by atoms with E-state index in [1.54, 1.807) is 36.4 Å². The van der Waals surface area contributed by atoms with Gasteiger partial charge in [-0.05, 0) is 60.7 Å². The molecule has 31 heavy (non-hydrogen) atoms. The van der Waals surface area contributed by atoms with E-state index in [0.717, 1.165) is 0 Å². The maximum Gasteiger partial charge on any atom is 0.255 e. The zero-order valence-electron chi connectivity index (χ0n) is 16.9. The molecule has 0 bridgehead atoms. The number of anilines is 3. The van der Waals surface area contributed by atoms with Gasteiger partial charge >= 0.3 is 0 Å². The summed E-state index contributed by atoms with van der Waals surface area (Å²) in [6.45, 7) is 1.38. The van der Waals surface area contributed by atoms with Crippen molar-refractivity contribution in [3.8, 4) is 5.75 Å². The summed E-state index contributed by atoms with van der Waals surface area (Å²) in [4.78, 5) is 36.4. The molecule has 0 spiro atoms. The van der Waals surface area contributed by atoms with Crippen LogP contribution in [-0.2, 0) is 4.79 Å². The van der Waals surface area contributed by atoms with Gasteiger partial charge < -0.3 is 20.7 Å². The first kappa shape index (κ1) is 21.5. The van der Waals surface area contributed by atoms with E-state index in [0.29, 0.717) is 28.4 Å². The van der Waals surface area contributed by atoms with Gasteiger partial charge in [0.2, 0.25) is 5.91 Å². The number of carbonyl (C=O) groups excluding carboxylic acids is 3. The second kappa shape index (κ2) is 9.53. The van der Waals surface area contributed by atoms with Crippen molar-refractivity contribution in [2.24, 2.45) is 0 Å². The van der Waals surface area contributed by atoms with E-state index in [9.17, 15) is 18.8 Å². The van der Waals surface area contributed by atoms with Crippen molar-refractivity contribution < 1.29 is 23.5 Å². The lowest BCUT2D eigenvalue weighted by molar-refractivity contribution is -0.114. The Labute approximate surface area is 178 Å². The van der Waals surface area contributed by atoms with E-state index in [1.807, 2.05) is 0 Å². The van der Waals surface area contributed by atoms with Crippen LogP contribution < -0.4 is 20.7 Å². The van der Waals surface area contributed by atoms with Crippen molar-refractivity contribution >= 4 is 34.8 Å². The number of methoxy groups -OCH3 is 1. The third-order valence-electron chi connectivity index (χ3n) is 4.26. The maximum absolute atomic E-state index is 13.0. The molecule has 3 aromatic carbocycles. The van der Waals surface area contributed by atoms with E-state index in [2.05, 4.69) is 16.0 Å². The number of carbonyl (C=O) groups is 3. The molecule has 3 aromatic rings. The third-order valence-corrected chi connectivity index (χ3v) is 4.26. The monoisotopic (exact) mass is 421 g/mol. The molecule has 0 saturated heterocycles. The molecule has 0 saturated carbocycles.